The van der Waals surface area contributed by atoms with Gasteiger partial charge in [-0.25, -0.2) is 0 Å². The van der Waals surface area contributed by atoms with Gasteiger partial charge in [-0.15, -0.1) is 0 Å². The molecule has 0 amide bonds. The highest BCUT2D eigenvalue weighted by Gasteiger charge is 2.20. The highest BCUT2D eigenvalue weighted by Crippen LogP contribution is 2.31. The van der Waals surface area contributed by atoms with Gasteiger partial charge in [0.25, 0.3) is 0 Å². The van der Waals surface area contributed by atoms with E-state index in [9.17, 15) is 0 Å². The van der Waals surface area contributed by atoms with Crippen molar-refractivity contribution in [1.29, 1.82) is 0 Å². The van der Waals surface area contributed by atoms with Crippen LogP contribution in [0.15, 0.2) is 41.6 Å². The number of ether oxygens (including phenoxy) is 2. The Balaban J connectivity index is 1.76. The molecule has 108 valence electrons. The molecule has 0 saturated carbocycles. The van der Waals surface area contributed by atoms with Crippen molar-refractivity contribution in [3.05, 3.63) is 57.6 Å². The van der Waals surface area contributed by atoms with Crippen molar-refractivity contribution in [3.8, 4) is 11.5 Å². The molecule has 2 aromatic carbocycles. The minimum Gasteiger partial charge on any atom is -0.489 e. The van der Waals surface area contributed by atoms with E-state index >= 15 is 0 Å². The molecule has 0 aromatic heterocycles. The zero-order valence-electron chi connectivity index (χ0n) is 10.8. The molecule has 0 atom stereocenters. The number of halogens is 2. The number of rotatable bonds is 3. The van der Waals surface area contributed by atoms with Gasteiger partial charge in [-0.3, -0.25) is 0 Å². The molecule has 1 aliphatic heterocycles. The molecule has 4 nitrogen and oxygen atoms in total. The Morgan fingerprint density at radius 1 is 1.24 bits per heavy atom. The maximum absolute atomic E-state index is 8.84. The van der Waals surface area contributed by atoms with Crippen molar-refractivity contribution >= 4 is 28.9 Å². The average molecular weight is 324 g/mol. The third kappa shape index (κ3) is 2.77. The summed E-state index contributed by atoms with van der Waals surface area (Å²) in [6, 6.07) is 10.7. The van der Waals surface area contributed by atoms with Gasteiger partial charge in [0.15, 0.2) is 0 Å². The lowest BCUT2D eigenvalue weighted by Crippen LogP contribution is -2.01. The van der Waals surface area contributed by atoms with Crippen LogP contribution in [0.5, 0.6) is 11.5 Å². The summed E-state index contributed by atoms with van der Waals surface area (Å²) in [5.74, 6) is 1.28. The van der Waals surface area contributed by atoms with Crippen LogP contribution in [0.1, 0.15) is 11.1 Å². The van der Waals surface area contributed by atoms with Crippen LogP contribution < -0.4 is 9.47 Å². The van der Waals surface area contributed by atoms with Gasteiger partial charge in [0, 0.05) is 17.2 Å². The molecular weight excluding hydrogens is 313 g/mol. The molecule has 3 rings (SSSR count). The maximum atomic E-state index is 8.84. The van der Waals surface area contributed by atoms with Gasteiger partial charge >= 0.3 is 0 Å². The molecule has 0 radical (unpaired) electrons. The Labute approximate surface area is 131 Å². The third-order valence-corrected chi connectivity index (χ3v) is 4.03. The van der Waals surface area contributed by atoms with Crippen LogP contribution in [0, 0.1) is 0 Å². The summed E-state index contributed by atoms with van der Waals surface area (Å²) in [5.41, 5.74) is 2.09. The Morgan fingerprint density at radius 3 is 2.90 bits per heavy atom. The molecule has 1 heterocycles. The van der Waals surface area contributed by atoms with Crippen molar-refractivity contribution < 1.29 is 14.7 Å². The second kappa shape index (κ2) is 5.84. The summed E-state index contributed by atoms with van der Waals surface area (Å²) in [7, 11) is 0. The van der Waals surface area contributed by atoms with Gasteiger partial charge < -0.3 is 14.7 Å². The van der Waals surface area contributed by atoms with E-state index in [0.29, 0.717) is 33.9 Å². The number of oxime groups is 1. The first kappa shape index (κ1) is 14.0. The van der Waals surface area contributed by atoms with Crippen molar-refractivity contribution in [2.75, 3.05) is 6.61 Å². The van der Waals surface area contributed by atoms with E-state index in [1.807, 2.05) is 12.1 Å². The molecule has 0 aliphatic carbocycles. The van der Waals surface area contributed by atoms with Crippen molar-refractivity contribution in [1.82, 2.24) is 0 Å². The van der Waals surface area contributed by atoms with Crippen LogP contribution in [0.25, 0.3) is 0 Å². The van der Waals surface area contributed by atoms with Gasteiger partial charge in [0.05, 0.1) is 10.0 Å². The van der Waals surface area contributed by atoms with E-state index in [1.54, 1.807) is 24.3 Å². The van der Waals surface area contributed by atoms with Gasteiger partial charge in [0.2, 0.25) is 0 Å². The zero-order chi connectivity index (χ0) is 14.8. The van der Waals surface area contributed by atoms with Crippen molar-refractivity contribution in [3.63, 3.8) is 0 Å². The highest BCUT2D eigenvalue weighted by molar-refractivity contribution is 6.42. The smallest absolute Gasteiger partial charge is 0.134 e. The van der Waals surface area contributed by atoms with Crippen LogP contribution >= 0.6 is 23.2 Å². The molecule has 0 fully saturated rings. The monoisotopic (exact) mass is 323 g/mol. The summed E-state index contributed by atoms with van der Waals surface area (Å²) < 4.78 is 11.1. The molecule has 21 heavy (non-hydrogen) atoms. The predicted octanol–water partition coefficient (Wildman–Crippen LogP) is 4.14. The topological polar surface area (TPSA) is 51.1 Å². The van der Waals surface area contributed by atoms with E-state index < -0.39 is 0 Å². The zero-order valence-corrected chi connectivity index (χ0v) is 12.4. The van der Waals surface area contributed by atoms with Crippen LogP contribution in [0.3, 0.4) is 0 Å². The molecule has 2 aromatic rings. The quantitative estimate of drug-likeness (QED) is 0.682. The molecule has 6 heteroatoms. The molecule has 0 saturated heterocycles. The normalized spacial score (nSPS) is 14.9. The first-order valence-corrected chi connectivity index (χ1v) is 6.98. The third-order valence-electron chi connectivity index (χ3n) is 3.17. The number of nitrogens with zero attached hydrogens (tertiary/aromatic N) is 1. The predicted molar refractivity (Wildman–Crippen MR) is 81.1 cm³/mol. The summed E-state index contributed by atoms with van der Waals surface area (Å²) >= 11 is 12.1. The number of benzene rings is 2. The molecule has 1 aliphatic rings. The van der Waals surface area contributed by atoms with Gasteiger partial charge in [-0.2, -0.15) is 0 Å². The van der Waals surface area contributed by atoms with Crippen LogP contribution in [0.2, 0.25) is 10.0 Å². The molecule has 1 N–H and O–H groups in total. The number of fused-ring (bicyclic) bond motifs is 1. The van der Waals surface area contributed by atoms with Gasteiger partial charge in [0.1, 0.15) is 30.4 Å². The lowest BCUT2D eigenvalue weighted by atomic mass is 10.1. The number of hydrogen-bond donors (Lipinski definition) is 1. The second-order valence-corrected chi connectivity index (χ2v) is 5.28. The SMILES string of the molecule is O/N=C1/COc2cc(OCc3cccc(Cl)c3Cl)ccc21. The number of hydrogen-bond acceptors (Lipinski definition) is 4. The minimum absolute atomic E-state index is 0.259. The summed E-state index contributed by atoms with van der Waals surface area (Å²) in [6.45, 7) is 0.564. The Kier molecular flexibility index (Phi) is 3.90. The lowest BCUT2D eigenvalue weighted by Gasteiger charge is -2.09. The fraction of sp³-hybridized carbons (Fsp3) is 0.133. The molecule has 0 spiro atoms. The molecule has 0 bridgehead atoms. The first-order chi connectivity index (χ1) is 10.2. The Morgan fingerprint density at radius 2 is 2.10 bits per heavy atom. The van der Waals surface area contributed by atoms with E-state index in [2.05, 4.69) is 5.16 Å². The Hall–Kier alpha value is -1.91. The first-order valence-electron chi connectivity index (χ1n) is 6.23. The largest absolute Gasteiger partial charge is 0.489 e. The van der Waals surface area contributed by atoms with Gasteiger partial charge in [-0.05, 0) is 18.2 Å². The van der Waals surface area contributed by atoms with E-state index in [0.717, 1.165) is 11.1 Å². The van der Waals surface area contributed by atoms with E-state index in [-0.39, 0.29) is 6.61 Å². The van der Waals surface area contributed by atoms with E-state index in [1.165, 1.54) is 0 Å². The Bertz CT molecular complexity index is 716. The van der Waals surface area contributed by atoms with Crippen LogP contribution in [-0.4, -0.2) is 17.5 Å². The molecular formula is C15H11Cl2NO3. The summed E-state index contributed by atoms with van der Waals surface area (Å²) in [6.07, 6.45) is 0. The summed E-state index contributed by atoms with van der Waals surface area (Å²) in [5, 5.41) is 13.0. The maximum Gasteiger partial charge on any atom is 0.134 e. The fourth-order valence-corrected chi connectivity index (χ4v) is 2.45. The van der Waals surface area contributed by atoms with Crippen molar-refractivity contribution in [2.45, 2.75) is 6.61 Å². The van der Waals surface area contributed by atoms with Crippen LogP contribution in [0.4, 0.5) is 0 Å². The summed E-state index contributed by atoms with van der Waals surface area (Å²) in [4.78, 5) is 0. The minimum atomic E-state index is 0.259. The lowest BCUT2D eigenvalue weighted by molar-refractivity contribution is 0.303. The van der Waals surface area contributed by atoms with Crippen LogP contribution in [-0.2, 0) is 6.61 Å². The van der Waals surface area contributed by atoms with Gasteiger partial charge in [-0.1, -0.05) is 40.5 Å². The second-order valence-electron chi connectivity index (χ2n) is 4.49. The standard InChI is InChI=1S/C15H11Cl2NO3/c16-12-3-1-2-9(15(12)17)7-20-10-4-5-11-13(18-19)8-21-14(11)6-10/h1-6,19H,7-8H2/b18-13-. The highest BCUT2D eigenvalue weighted by atomic mass is 35.5. The van der Waals surface area contributed by atoms with Crippen molar-refractivity contribution in [2.24, 2.45) is 5.16 Å². The van der Waals surface area contributed by atoms with E-state index in [4.69, 9.17) is 37.9 Å². The average Bonchev–Trinajstić information content (AvgIpc) is 2.91. The fourth-order valence-electron chi connectivity index (χ4n) is 2.08. The molecule has 0 unspecified atom stereocenters.